The van der Waals surface area contributed by atoms with E-state index in [1.165, 1.54) is 12.1 Å². The first-order valence-electron chi connectivity index (χ1n) is 8.17. The summed E-state index contributed by atoms with van der Waals surface area (Å²) >= 11 is 0. The molecule has 0 fully saturated rings. The quantitative estimate of drug-likeness (QED) is 0.718. The highest BCUT2D eigenvalue weighted by molar-refractivity contribution is 5.66. The van der Waals surface area contributed by atoms with Gasteiger partial charge in [-0.25, -0.2) is 14.4 Å². The molecule has 0 saturated heterocycles. The Kier molecular flexibility index (Phi) is 3.76. The zero-order valence-corrected chi connectivity index (χ0v) is 13.5. The number of hydrogen-bond acceptors (Lipinski definition) is 4. The molecule has 5 heteroatoms. The van der Waals surface area contributed by atoms with Crippen molar-refractivity contribution in [1.82, 2.24) is 20.2 Å². The number of halogens is 1. The van der Waals surface area contributed by atoms with Crippen LogP contribution in [0.2, 0.25) is 0 Å². The lowest BCUT2D eigenvalue weighted by Gasteiger charge is -2.13. The summed E-state index contributed by atoms with van der Waals surface area (Å²) < 4.78 is 13.2. The predicted octanol–water partition coefficient (Wildman–Crippen LogP) is 3.93. The van der Waals surface area contributed by atoms with Crippen molar-refractivity contribution in [2.24, 2.45) is 0 Å². The first-order chi connectivity index (χ1) is 11.7. The van der Waals surface area contributed by atoms with Gasteiger partial charge in [-0.05, 0) is 68.5 Å². The second-order valence-corrected chi connectivity index (χ2v) is 6.10. The first kappa shape index (κ1) is 14.9. The molecule has 0 aliphatic heterocycles. The Morgan fingerprint density at radius 3 is 2.38 bits per heavy atom. The summed E-state index contributed by atoms with van der Waals surface area (Å²) in [5.41, 5.74) is 5.46. The van der Waals surface area contributed by atoms with Gasteiger partial charge >= 0.3 is 0 Å². The average Bonchev–Trinajstić information content (AvgIpc) is 2.62. The van der Waals surface area contributed by atoms with Gasteiger partial charge in [0.15, 0.2) is 0 Å². The Labute approximate surface area is 139 Å². The fourth-order valence-corrected chi connectivity index (χ4v) is 3.02. The fourth-order valence-electron chi connectivity index (χ4n) is 3.02. The maximum absolute atomic E-state index is 13.2. The molecule has 0 radical (unpaired) electrons. The average molecular weight is 320 g/mol. The van der Waals surface area contributed by atoms with Gasteiger partial charge in [-0.3, -0.25) is 0 Å². The third-order valence-electron chi connectivity index (χ3n) is 4.36. The topological polar surface area (TPSA) is 51.6 Å². The molecule has 3 aromatic rings. The molecule has 0 saturated carbocycles. The molecule has 1 aliphatic carbocycles. The highest BCUT2D eigenvalue weighted by Gasteiger charge is 2.16. The van der Waals surface area contributed by atoms with Gasteiger partial charge in [-0.15, -0.1) is 5.10 Å². The van der Waals surface area contributed by atoms with E-state index in [2.05, 4.69) is 15.2 Å². The highest BCUT2D eigenvalue weighted by Crippen LogP contribution is 2.25. The number of aromatic nitrogens is 4. The van der Waals surface area contributed by atoms with E-state index in [9.17, 15) is 4.39 Å². The van der Waals surface area contributed by atoms with Crippen LogP contribution in [-0.4, -0.2) is 20.2 Å². The highest BCUT2D eigenvalue weighted by atomic mass is 19.1. The molecule has 1 aliphatic rings. The third-order valence-corrected chi connectivity index (χ3v) is 4.36. The molecule has 24 heavy (non-hydrogen) atoms. The van der Waals surface area contributed by atoms with Crippen LogP contribution >= 0.6 is 0 Å². The van der Waals surface area contributed by atoms with Crippen LogP contribution in [0.3, 0.4) is 0 Å². The number of benzene rings is 1. The minimum atomic E-state index is -0.255. The number of fused-ring (bicyclic) bond motifs is 1. The van der Waals surface area contributed by atoms with Crippen molar-refractivity contribution < 1.29 is 4.39 Å². The molecule has 0 spiro atoms. The summed E-state index contributed by atoms with van der Waals surface area (Å²) in [6.07, 6.45) is 4.21. The second-order valence-electron chi connectivity index (χ2n) is 6.10. The van der Waals surface area contributed by atoms with Crippen LogP contribution in [0, 0.1) is 12.7 Å². The van der Waals surface area contributed by atoms with Gasteiger partial charge in [0.2, 0.25) is 5.82 Å². The van der Waals surface area contributed by atoms with Crippen molar-refractivity contribution in [3.63, 3.8) is 0 Å². The van der Waals surface area contributed by atoms with E-state index in [1.807, 2.05) is 19.1 Å². The number of aryl methyl sites for hydroxylation is 3. The second kappa shape index (κ2) is 6.07. The maximum atomic E-state index is 13.2. The molecular formula is C19H17FN4. The molecule has 4 rings (SSSR count). The lowest BCUT2D eigenvalue weighted by molar-refractivity contribution is 0.628. The standard InChI is InChI=1S/C19H17FN4/c1-12-6-11-17(21-18(12)13-7-9-14(20)10-8-13)19-22-15-4-2-3-5-16(15)23-24-19/h6-11H,2-5H2,1H3. The van der Waals surface area contributed by atoms with Gasteiger partial charge < -0.3 is 0 Å². The number of rotatable bonds is 2. The number of pyridine rings is 1. The molecule has 1 aromatic carbocycles. The largest absolute Gasteiger partial charge is 0.244 e. The van der Waals surface area contributed by atoms with Crippen LogP contribution in [0.25, 0.3) is 22.8 Å². The third kappa shape index (κ3) is 2.77. The fraction of sp³-hybridized carbons (Fsp3) is 0.263. The van der Waals surface area contributed by atoms with Gasteiger partial charge in [-0.1, -0.05) is 6.07 Å². The van der Waals surface area contributed by atoms with E-state index in [0.29, 0.717) is 11.5 Å². The van der Waals surface area contributed by atoms with E-state index in [0.717, 1.165) is 53.9 Å². The first-order valence-corrected chi connectivity index (χ1v) is 8.17. The molecule has 2 heterocycles. The molecule has 2 aromatic heterocycles. The smallest absolute Gasteiger partial charge is 0.200 e. The summed E-state index contributed by atoms with van der Waals surface area (Å²) in [7, 11) is 0. The zero-order valence-electron chi connectivity index (χ0n) is 13.5. The van der Waals surface area contributed by atoms with E-state index in [-0.39, 0.29) is 5.82 Å². The van der Waals surface area contributed by atoms with Crippen LogP contribution in [0.5, 0.6) is 0 Å². The summed E-state index contributed by atoms with van der Waals surface area (Å²) in [6, 6.07) is 10.3. The van der Waals surface area contributed by atoms with Crippen molar-refractivity contribution in [3.8, 4) is 22.8 Å². The maximum Gasteiger partial charge on any atom is 0.200 e. The summed E-state index contributed by atoms with van der Waals surface area (Å²) in [5, 5.41) is 8.59. The molecular weight excluding hydrogens is 303 g/mol. The van der Waals surface area contributed by atoms with Crippen molar-refractivity contribution in [3.05, 3.63) is 59.2 Å². The van der Waals surface area contributed by atoms with E-state index >= 15 is 0 Å². The van der Waals surface area contributed by atoms with Gasteiger partial charge in [0.05, 0.1) is 17.1 Å². The van der Waals surface area contributed by atoms with Gasteiger partial charge in [-0.2, -0.15) is 5.10 Å². The molecule has 4 nitrogen and oxygen atoms in total. The Morgan fingerprint density at radius 2 is 1.58 bits per heavy atom. The minimum Gasteiger partial charge on any atom is -0.244 e. The van der Waals surface area contributed by atoms with E-state index in [1.54, 1.807) is 12.1 Å². The van der Waals surface area contributed by atoms with Crippen molar-refractivity contribution in [2.75, 3.05) is 0 Å². The van der Waals surface area contributed by atoms with E-state index < -0.39 is 0 Å². The Balaban J connectivity index is 1.77. The molecule has 0 unspecified atom stereocenters. The van der Waals surface area contributed by atoms with Crippen LogP contribution in [0.15, 0.2) is 36.4 Å². The predicted molar refractivity (Wildman–Crippen MR) is 89.8 cm³/mol. The number of nitrogens with zero attached hydrogens (tertiary/aromatic N) is 4. The zero-order chi connectivity index (χ0) is 16.5. The Morgan fingerprint density at radius 1 is 0.833 bits per heavy atom. The van der Waals surface area contributed by atoms with Crippen LogP contribution in [0.1, 0.15) is 29.8 Å². The summed E-state index contributed by atoms with van der Waals surface area (Å²) in [4.78, 5) is 9.37. The minimum absolute atomic E-state index is 0.255. The molecule has 0 bridgehead atoms. The molecule has 0 amide bonds. The van der Waals surface area contributed by atoms with Gasteiger partial charge in [0.25, 0.3) is 0 Å². The lowest BCUT2D eigenvalue weighted by atomic mass is 10.0. The molecule has 120 valence electrons. The van der Waals surface area contributed by atoms with E-state index in [4.69, 9.17) is 4.98 Å². The van der Waals surface area contributed by atoms with Gasteiger partial charge in [0, 0.05) is 5.56 Å². The SMILES string of the molecule is Cc1ccc(-c2nnc3c(n2)CCCC3)nc1-c1ccc(F)cc1. The van der Waals surface area contributed by atoms with Gasteiger partial charge in [0.1, 0.15) is 11.5 Å². The Hall–Kier alpha value is -2.69. The van der Waals surface area contributed by atoms with Crippen molar-refractivity contribution in [1.29, 1.82) is 0 Å². The monoisotopic (exact) mass is 320 g/mol. The van der Waals surface area contributed by atoms with Crippen LogP contribution in [0.4, 0.5) is 4.39 Å². The van der Waals surface area contributed by atoms with Crippen molar-refractivity contribution in [2.45, 2.75) is 32.6 Å². The van der Waals surface area contributed by atoms with Crippen LogP contribution < -0.4 is 0 Å². The Bertz CT molecular complexity index is 890. The lowest BCUT2D eigenvalue weighted by Crippen LogP contribution is -2.11. The molecule has 0 N–H and O–H groups in total. The normalized spacial score (nSPS) is 13.6. The van der Waals surface area contributed by atoms with Crippen molar-refractivity contribution >= 4 is 0 Å². The number of hydrogen-bond donors (Lipinski definition) is 0. The van der Waals surface area contributed by atoms with Crippen LogP contribution in [-0.2, 0) is 12.8 Å². The summed E-state index contributed by atoms with van der Waals surface area (Å²) in [5.74, 6) is 0.300. The summed E-state index contributed by atoms with van der Waals surface area (Å²) in [6.45, 7) is 1.99. The molecule has 0 atom stereocenters.